The minimum atomic E-state index is 0.795. The van der Waals surface area contributed by atoms with E-state index < -0.39 is 0 Å². The Labute approximate surface area is 69.8 Å². The third-order valence-electron chi connectivity index (χ3n) is 1.42. The summed E-state index contributed by atoms with van der Waals surface area (Å²) >= 11 is 3.38. The van der Waals surface area contributed by atoms with E-state index in [9.17, 15) is 0 Å². The second-order valence-electron chi connectivity index (χ2n) is 2.27. The van der Waals surface area contributed by atoms with E-state index in [0.717, 1.165) is 30.8 Å². The summed E-state index contributed by atoms with van der Waals surface area (Å²) in [5, 5.41) is 1.08. The summed E-state index contributed by atoms with van der Waals surface area (Å²) < 4.78 is 5.23. The Kier molecular flexibility index (Phi) is 3.80. The maximum absolute atomic E-state index is 5.23. The summed E-state index contributed by atoms with van der Waals surface area (Å²) in [6.45, 7) is 1.66. The summed E-state index contributed by atoms with van der Waals surface area (Å²) in [6, 6.07) is 0. The van der Waals surface area contributed by atoms with Gasteiger partial charge < -0.3 is 4.74 Å². The molecule has 58 valence electrons. The molecule has 0 spiro atoms. The number of ether oxygens (including phenoxy) is 1. The van der Waals surface area contributed by atoms with E-state index in [1.807, 2.05) is 0 Å². The van der Waals surface area contributed by atoms with Crippen molar-refractivity contribution in [2.75, 3.05) is 18.5 Å². The first-order valence-corrected chi connectivity index (χ1v) is 4.77. The molecule has 1 heterocycles. The van der Waals surface area contributed by atoms with Gasteiger partial charge in [0.1, 0.15) is 6.61 Å². The third kappa shape index (κ3) is 2.69. The lowest BCUT2D eigenvalue weighted by atomic mass is 10.2. The van der Waals surface area contributed by atoms with E-state index in [0.29, 0.717) is 0 Å². The summed E-state index contributed by atoms with van der Waals surface area (Å²) in [6.07, 6.45) is 3.41. The maximum atomic E-state index is 5.23. The van der Waals surface area contributed by atoms with Crippen LogP contribution in [0.3, 0.4) is 0 Å². The summed E-state index contributed by atoms with van der Waals surface area (Å²) in [7, 11) is 0. The van der Waals surface area contributed by atoms with Gasteiger partial charge in [0.2, 0.25) is 0 Å². The van der Waals surface area contributed by atoms with Crippen molar-refractivity contribution in [1.82, 2.24) is 0 Å². The molecule has 2 nitrogen and oxygen atoms in total. The molecule has 3 heteroatoms. The highest BCUT2D eigenvalue weighted by Gasteiger charge is 2.04. The quantitative estimate of drug-likeness (QED) is 0.509. The minimum Gasteiger partial charge on any atom is -0.479 e. The Morgan fingerprint density at radius 2 is 2.40 bits per heavy atom. The van der Waals surface area contributed by atoms with E-state index in [2.05, 4.69) is 20.9 Å². The molecule has 0 saturated heterocycles. The van der Waals surface area contributed by atoms with Crippen LogP contribution in [-0.4, -0.2) is 24.4 Å². The van der Waals surface area contributed by atoms with Crippen molar-refractivity contribution in [3.05, 3.63) is 0 Å². The molecule has 0 aromatic heterocycles. The fraction of sp³-hybridized carbons (Fsp3) is 0.857. The molecule has 0 aromatic carbocycles. The minimum absolute atomic E-state index is 0.795. The first-order valence-electron chi connectivity index (χ1n) is 3.65. The van der Waals surface area contributed by atoms with Crippen LogP contribution in [0.4, 0.5) is 0 Å². The number of unbranched alkanes of at least 4 members (excludes halogenated alkanes) is 1. The molecule has 0 unspecified atom stereocenters. The standard InChI is InChI=1S/C7H12BrNO/c8-4-2-1-3-7-9-5-6-10-7/h1-6H2. The van der Waals surface area contributed by atoms with Gasteiger partial charge in [0.15, 0.2) is 5.90 Å². The molecule has 1 aliphatic heterocycles. The van der Waals surface area contributed by atoms with Gasteiger partial charge in [-0.25, -0.2) is 0 Å². The molecule has 0 fully saturated rings. The maximum Gasteiger partial charge on any atom is 0.183 e. The van der Waals surface area contributed by atoms with Gasteiger partial charge in [-0.05, 0) is 12.8 Å². The van der Waals surface area contributed by atoms with Gasteiger partial charge in [-0.2, -0.15) is 0 Å². The molecule has 0 aliphatic carbocycles. The van der Waals surface area contributed by atoms with E-state index in [1.165, 1.54) is 12.8 Å². The van der Waals surface area contributed by atoms with Gasteiger partial charge in [0.25, 0.3) is 0 Å². The van der Waals surface area contributed by atoms with Crippen LogP contribution in [0.2, 0.25) is 0 Å². The van der Waals surface area contributed by atoms with Crippen molar-refractivity contribution in [3.8, 4) is 0 Å². The number of nitrogens with zero attached hydrogens (tertiary/aromatic N) is 1. The zero-order chi connectivity index (χ0) is 7.23. The van der Waals surface area contributed by atoms with Crippen LogP contribution in [0.15, 0.2) is 4.99 Å². The Morgan fingerprint density at radius 3 is 3.00 bits per heavy atom. The lowest BCUT2D eigenvalue weighted by Crippen LogP contribution is -1.98. The molecule has 0 radical (unpaired) electrons. The van der Waals surface area contributed by atoms with E-state index >= 15 is 0 Å². The van der Waals surface area contributed by atoms with Crippen LogP contribution in [-0.2, 0) is 4.74 Å². The molecule has 0 amide bonds. The van der Waals surface area contributed by atoms with Crippen molar-refractivity contribution in [2.24, 2.45) is 4.99 Å². The van der Waals surface area contributed by atoms with Gasteiger partial charge in [0.05, 0.1) is 6.54 Å². The topological polar surface area (TPSA) is 21.6 Å². The van der Waals surface area contributed by atoms with Crippen molar-refractivity contribution < 1.29 is 4.74 Å². The molecular weight excluding hydrogens is 194 g/mol. The molecule has 1 rings (SSSR count). The van der Waals surface area contributed by atoms with Gasteiger partial charge >= 0.3 is 0 Å². The molecule has 0 aromatic rings. The van der Waals surface area contributed by atoms with Crippen LogP contribution >= 0.6 is 15.9 Å². The molecule has 0 N–H and O–H groups in total. The van der Waals surface area contributed by atoms with Gasteiger partial charge in [-0.15, -0.1) is 0 Å². The number of alkyl halides is 1. The van der Waals surface area contributed by atoms with Crippen LogP contribution in [0.1, 0.15) is 19.3 Å². The number of aliphatic imine (C=N–C) groups is 1. The first kappa shape index (κ1) is 8.05. The van der Waals surface area contributed by atoms with Crippen molar-refractivity contribution in [1.29, 1.82) is 0 Å². The number of rotatable bonds is 4. The highest BCUT2D eigenvalue weighted by atomic mass is 79.9. The Morgan fingerprint density at radius 1 is 1.50 bits per heavy atom. The zero-order valence-electron chi connectivity index (χ0n) is 5.98. The molecule has 10 heavy (non-hydrogen) atoms. The summed E-state index contributed by atoms with van der Waals surface area (Å²) in [5.74, 6) is 0.959. The molecule has 0 atom stereocenters. The average Bonchev–Trinajstić information content (AvgIpc) is 2.41. The SMILES string of the molecule is BrCCCCC1=NCCO1. The van der Waals surface area contributed by atoms with E-state index in [4.69, 9.17) is 4.74 Å². The van der Waals surface area contributed by atoms with Crippen molar-refractivity contribution >= 4 is 21.8 Å². The number of hydrogen-bond acceptors (Lipinski definition) is 2. The normalized spacial score (nSPS) is 16.7. The lowest BCUT2D eigenvalue weighted by Gasteiger charge is -1.98. The predicted octanol–water partition coefficient (Wildman–Crippen LogP) is 1.98. The van der Waals surface area contributed by atoms with Gasteiger partial charge in [-0.1, -0.05) is 15.9 Å². The van der Waals surface area contributed by atoms with Crippen LogP contribution < -0.4 is 0 Å². The number of halogens is 1. The van der Waals surface area contributed by atoms with Crippen LogP contribution in [0.25, 0.3) is 0 Å². The second kappa shape index (κ2) is 4.72. The predicted molar refractivity (Wildman–Crippen MR) is 45.9 cm³/mol. The fourth-order valence-electron chi connectivity index (χ4n) is 0.901. The van der Waals surface area contributed by atoms with E-state index in [-0.39, 0.29) is 0 Å². The Balaban J connectivity index is 2.01. The Bertz CT molecular complexity index is 125. The first-order chi connectivity index (χ1) is 4.93. The van der Waals surface area contributed by atoms with Crippen LogP contribution in [0.5, 0.6) is 0 Å². The Hall–Kier alpha value is -0.0500. The highest BCUT2D eigenvalue weighted by molar-refractivity contribution is 9.09. The highest BCUT2D eigenvalue weighted by Crippen LogP contribution is 2.04. The molecule has 0 bridgehead atoms. The smallest absolute Gasteiger partial charge is 0.183 e. The summed E-state index contributed by atoms with van der Waals surface area (Å²) in [4.78, 5) is 4.19. The largest absolute Gasteiger partial charge is 0.479 e. The summed E-state index contributed by atoms with van der Waals surface area (Å²) in [5.41, 5.74) is 0. The second-order valence-corrected chi connectivity index (χ2v) is 3.06. The zero-order valence-corrected chi connectivity index (χ0v) is 7.56. The monoisotopic (exact) mass is 205 g/mol. The van der Waals surface area contributed by atoms with Crippen molar-refractivity contribution in [2.45, 2.75) is 19.3 Å². The van der Waals surface area contributed by atoms with Crippen molar-refractivity contribution in [3.63, 3.8) is 0 Å². The van der Waals surface area contributed by atoms with Gasteiger partial charge in [0, 0.05) is 11.8 Å². The lowest BCUT2D eigenvalue weighted by molar-refractivity contribution is 0.337. The third-order valence-corrected chi connectivity index (χ3v) is 1.98. The number of hydrogen-bond donors (Lipinski definition) is 0. The molecule has 1 aliphatic rings. The van der Waals surface area contributed by atoms with E-state index in [1.54, 1.807) is 0 Å². The fourth-order valence-corrected chi connectivity index (χ4v) is 1.30. The average molecular weight is 206 g/mol. The molecule has 0 saturated carbocycles. The van der Waals surface area contributed by atoms with Crippen LogP contribution in [0, 0.1) is 0 Å². The van der Waals surface area contributed by atoms with Gasteiger partial charge in [-0.3, -0.25) is 4.99 Å². The molecular formula is C7H12BrNO.